The second kappa shape index (κ2) is 12.8. The third-order valence-corrected chi connectivity index (χ3v) is 6.86. The Morgan fingerprint density at radius 1 is 1.29 bits per heavy atom. The first-order valence-electron chi connectivity index (χ1n) is 10.6. The molecule has 0 spiro atoms. The molecule has 0 bridgehead atoms. The lowest BCUT2D eigenvalue weighted by Crippen LogP contribution is -2.25. The molecule has 2 rings (SSSR count). The molecule has 0 saturated carbocycles. The summed E-state index contributed by atoms with van der Waals surface area (Å²) in [6.45, 7) is 5.59. The molecule has 1 unspecified atom stereocenters. The number of benzene rings is 1. The average Bonchev–Trinajstić information content (AvgIpc) is 2.82. The fourth-order valence-electron chi connectivity index (χ4n) is 3.41. The van der Waals surface area contributed by atoms with Crippen molar-refractivity contribution in [2.45, 2.75) is 62.8 Å². The van der Waals surface area contributed by atoms with Crippen LogP contribution in [0.1, 0.15) is 50.7 Å². The average molecular weight is 527 g/mol. The molecule has 14 heteroatoms. The van der Waals surface area contributed by atoms with Crippen LogP contribution in [0.15, 0.2) is 43.0 Å². The van der Waals surface area contributed by atoms with Crippen LogP contribution in [0.5, 0.6) is 5.88 Å². The molecular formula is C21H26N4O8S2. The van der Waals surface area contributed by atoms with Gasteiger partial charge in [0.25, 0.3) is 15.7 Å². The number of rotatable bonds is 12. The van der Waals surface area contributed by atoms with Gasteiger partial charge in [0, 0.05) is 17.0 Å². The summed E-state index contributed by atoms with van der Waals surface area (Å²) in [5, 5.41) is 39.7. The Balaban J connectivity index is 2.64. The maximum absolute atomic E-state index is 13.2. The van der Waals surface area contributed by atoms with Gasteiger partial charge in [-0.1, -0.05) is 38.1 Å². The molecule has 35 heavy (non-hydrogen) atoms. The SMILES string of the molecule is CCCCC(CC)Cn1c(O)c(C#N)c(C)c(N=Nc2cc(SOOO)ccc2S(=O)(=O)O)c1=O. The van der Waals surface area contributed by atoms with Crippen molar-refractivity contribution in [3.63, 3.8) is 0 Å². The van der Waals surface area contributed by atoms with Gasteiger partial charge in [-0.3, -0.25) is 13.9 Å². The summed E-state index contributed by atoms with van der Waals surface area (Å²) in [4.78, 5) is 12.8. The number of azo groups is 1. The Morgan fingerprint density at radius 3 is 2.57 bits per heavy atom. The first-order chi connectivity index (χ1) is 16.6. The van der Waals surface area contributed by atoms with Crippen LogP contribution in [0, 0.1) is 24.2 Å². The van der Waals surface area contributed by atoms with Crippen LogP contribution in [-0.2, 0) is 26.0 Å². The molecule has 1 atom stereocenters. The van der Waals surface area contributed by atoms with Gasteiger partial charge in [0.15, 0.2) is 5.69 Å². The molecule has 0 saturated heterocycles. The Kier molecular flexibility index (Phi) is 10.4. The molecule has 1 heterocycles. The molecular weight excluding hydrogens is 500 g/mol. The number of nitrogens with zero attached hydrogens (tertiary/aromatic N) is 4. The van der Waals surface area contributed by atoms with Crippen LogP contribution in [0.25, 0.3) is 0 Å². The summed E-state index contributed by atoms with van der Waals surface area (Å²) in [5.74, 6) is -0.395. The minimum atomic E-state index is -4.71. The van der Waals surface area contributed by atoms with E-state index in [-0.39, 0.29) is 39.9 Å². The summed E-state index contributed by atoms with van der Waals surface area (Å²) in [5.41, 5.74) is -1.40. The maximum atomic E-state index is 13.2. The third-order valence-electron chi connectivity index (χ3n) is 5.38. The number of nitriles is 1. The smallest absolute Gasteiger partial charge is 0.296 e. The topological polar surface area (TPSA) is 184 Å². The molecule has 1 aromatic carbocycles. The molecule has 3 N–H and O–H groups in total. The number of pyridine rings is 1. The summed E-state index contributed by atoms with van der Waals surface area (Å²) >= 11 is 0.516. The lowest BCUT2D eigenvalue weighted by atomic mass is 9.99. The zero-order chi connectivity index (χ0) is 26.2. The minimum Gasteiger partial charge on any atom is -0.493 e. The Bertz CT molecular complexity index is 1290. The summed E-state index contributed by atoms with van der Waals surface area (Å²) in [7, 11) is -4.71. The fourth-order valence-corrected chi connectivity index (χ4v) is 4.40. The van der Waals surface area contributed by atoms with Crippen LogP contribution in [0.4, 0.5) is 11.4 Å². The number of aromatic hydroxyl groups is 1. The van der Waals surface area contributed by atoms with Gasteiger partial charge in [-0.25, -0.2) is 5.26 Å². The van der Waals surface area contributed by atoms with Gasteiger partial charge in [-0.2, -0.15) is 13.7 Å². The first-order valence-corrected chi connectivity index (χ1v) is 12.8. The van der Waals surface area contributed by atoms with Crippen LogP contribution in [0.3, 0.4) is 0 Å². The highest BCUT2D eigenvalue weighted by atomic mass is 32.2. The van der Waals surface area contributed by atoms with Gasteiger partial charge in [0.1, 0.15) is 22.2 Å². The fraction of sp³-hybridized carbons (Fsp3) is 0.429. The molecule has 12 nitrogen and oxygen atoms in total. The second-order valence-corrected chi connectivity index (χ2v) is 9.81. The molecule has 0 aliphatic heterocycles. The quantitative estimate of drug-likeness (QED) is 0.111. The summed E-state index contributed by atoms with van der Waals surface area (Å²) in [6.07, 6.45) is 3.49. The van der Waals surface area contributed by atoms with E-state index in [4.69, 9.17) is 5.26 Å². The largest absolute Gasteiger partial charge is 0.493 e. The summed E-state index contributed by atoms with van der Waals surface area (Å²) < 4.78 is 38.5. The number of unbranched alkanes of at least 4 members (excludes halogenated alkanes) is 1. The van der Waals surface area contributed by atoms with Crippen molar-refractivity contribution in [2.75, 3.05) is 0 Å². The van der Waals surface area contributed by atoms with Gasteiger partial charge >= 0.3 is 0 Å². The van der Waals surface area contributed by atoms with Crippen molar-refractivity contribution < 1.29 is 32.7 Å². The van der Waals surface area contributed by atoms with E-state index in [9.17, 15) is 28.1 Å². The van der Waals surface area contributed by atoms with Gasteiger partial charge < -0.3 is 5.11 Å². The predicted octanol–water partition coefficient (Wildman–Crippen LogP) is 5.04. The maximum Gasteiger partial charge on any atom is 0.296 e. The molecule has 1 aromatic heterocycles. The monoisotopic (exact) mass is 526 g/mol. The highest BCUT2D eigenvalue weighted by Gasteiger charge is 2.22. The van der Waals surface area contributed by atoms with Gasteiger partial charge in [-0.15, -0.1) is 14.6 Å². The van der Waals surface area contributed by atoms with Gasteiger partial charge in [-0.05, 0) is 37.5 Å². The van der Waals surface area contributed by atoms with E-state index in [0.29, 0.717) is 12.0 Å². The van der Waals surface area contributed by atoms with E-state index in [0.717, 1.165) is 42.4 Å². The molecule has 0 radical (unpaired) electrons. The van der Waals surface area contributed by atoms with E-state index in [2.05, 4.69) is 19.6 Å². The van der Waals surface area contributed by atoms with E-state index in [1.807, 2.05) is 19.9 Å². The minimum absolute atomic E-state index is 0.0626. The van der Waals surface area contributed by atoms with Gasteiger partial charge in [0.05, 0.1) is 12.0 Å². The zero-order valence-electron chi connectivity index (χ0n) is 19.3. The van der Waals surface area contributed by atoms with Crippen molar-refractivity contribution in [3.8, 4) is 11.9 Å². The van der Waals surface area contributed by atoms with Crippen molar-refractivity contribution in [1.82, 2.24) is 4.57 Å². The lowest BCUT2D eigenvalue weighted by molar-refractivity contribution is -0.432. The second-order valence-electron chi connectivity index (χ2n) is 7.65. The summed E-state index contributed by atoms with van der Waals surface area (Å²) in [6, 6.07) is 5.30. The van der Waals surface area contributed by atoms with E-state index < -0.39 is 26.5 Å². The molecule has 2 aromatic rings. The first kappa shape index (κ1) is 28.4. The predicted molar refractivity (Wildman–Crippen MR) is 126 cm³/mol. The highest BCUT2D eigenvalue weighted by molar-refractivity contribution is 7.94. The van der Waals surface area contributed by atoms with Crippen molar-refractivity contribution in [1.29, 1.82) is 5.26 Å². The van der Waals surface area contributed by atoms with Crippen LogP contribution < -0.4 is 5.56 Å². The lowest BCUT2D eigenvalue weighted by Gasteiger charge is -2.19. The standard InChI is InChI=1S/C21H26N4O8S2/c1-4-6-7-14(5-2)12-25-20(26)16(11-22)13(3)19(21(25)27)24-23-17-10-15(34-33-32-28)8-9-18(17)35(29,30)31/h8-10,14,26,28H,4-7,12H2,1-3H3,(H,29,30,31). The Hall–Kier alpha value is -2.80. The molecule has 0 aliphatic rings. The van der Waals surface area contributed by atoms with Crippen molar-refractivity contribution in [2.24, 2.45) is 16.1 Å². The molecule has 0 amide bonds. The van der Waals surface area contributed by atoms with E-state index in [1.54, 1.807) is 0 Å². The molecule has 190 valence electrons. The van der Waals surface area contributed by atoms with E-state index in [1.165, 1.54) is 13.0 Å². The van der Waals surface area contributed by atoms with Crippen molar-refractivity contribution >= 4 is 33.5 Å². The van der Waals surface area contributed by atoms with Crippen LogP contribution >= 0.6 is 12.0 Å². The molecule has 0 fully saturated rings. The number of hydrogen-bond acceptors (Lipinski definition) is 11. The zero-order valence-corrected chi connectivity index (χ0v) is 21.0. The van der Waals surface area contributed by atoms with Crippen LogP contribution in [-0.4, -0.2) is 27.9 Å². The molecule has 0 aliphatic carbocycles. The normalized spacial score (nSPS) is 12.7. The third kappa shape index (κ3) is 7.10. The number of aromatic nitrogens is 1. The van der Waals surface area contributed by atoms with Gasteiger partial charge in [0.2, 0.25) is 5.88 Å². The Labute approximate surface area is 206 Å². The van der Waals surface area contributed by atoms with E-state index >= 15 is 0 Å². The highest BCUT2D eigenvalue weighted by Crippen LogP contribution is 2.33. The number of hydrogen-bond donors (Lipinski definition) is 3. The van der Waals surface area contributed by atoms with Crippen molar-refractivity contribution in [3.05, 3.63) is 39.7 Å². The Morgan fingerprint density at radius 2 is 2.00 bits per heavy atom. The van der Waals surface area contributed by atoms with Crippen LogP contribution in [0.2, 0.25) is 0 Å².